The summed E-state index contributed by atoms with van der Waals surface area (Å²) in [6.45, 7) is 10.6. The molecule has 0 saturated heterocycles. The third-order valence-electron chi connectivity index (χ3n) is 3.69. The number of alkyl carbamates (subject to hydrolysis) is 1. The van der Waals surface area contributed by atoms with Crippen molar-refractivity contribution in [2.24, 2.45) is 0 Å². The van der Waals surface area contributed by atoms with E-state index in [9.17, 15) is 9.59 Å². The summed E-state index contributed by atoms with van der Waals surface area (Å²) < 4.78 is 10.7. The molecule has 1 heterocycles. The van der Waals surface area contributed by atoms with Gasteiger partial charge in [0.15, 0.2) is 0 Å². The van der Waals surface area contributed by atoms with Crippen LogP contribution in [0.3, 0.4) is 0 Å². The fraction of sp³-hybridized carbons (Fsp3) is 0.455. The summed E-state index contributed by atoms with van der Waals surface area (Å²) in [5, 5.41) is 12.4. The average Bonchev–Trinajstić information content (AvgIpc) is 2.57. The van der Waals surface area contributed by atoms with Crippen molar-refractivity contribution in [2.75, 3.05) is 0 Å². The third kappa shape index (κ3) is 7.07. The van der Waals surface area contributed by atoms with Crippen molar-refractivity contribution < 1.29 is 19.1 Å². The molecule has 0 radical (unpaired) electrons. The molecule has 2 aromatic rings. The molecule has 0 aliphatic rings. The number of ether oxygens (including phenoxy) is 2. The van der Waals surface area contributed by atoms with Gasteiger partial charge in [-0.3, -0.25) is 0 Å². The zero-order valence-corrected chi connectivity index (χ0v) is 17.7. The zero-order chi connectivity index (χ0) is 21.8. The van der Waals surface area contributed by atoms with Gasteiger partial charge < -0.3 is 14.8 Å². The van der Waals surface area contributed by atoms with Crippen LogP contribution in [-0.4, -0.2) is 34.3 Å². The highest BCUT2D eigenvalue weighted by Crippen LogP contribution is 2.18. The van der Waals surface area contributed by atoms with Gasteiger partial charge in [0.2, 0.25) is 0 Å². The van der Waals surface area contributed by atoms with E-state index in [4.69, 9.17) is 14.7 Å². The van der Waals surface area contributed by atoms with E-state index in [0.29, 0.717) is 11.2 Å². The molecule has 7 nitrogen and oxygen atoms in total. The lowest BCUT2D eigenvalue weighted by Gasteiger charge is -2.26. The molecule has 1 amide bonds. The molecule has 29 heavy (non-hydrogen) atoms. The monoisotopic (exact) mass is 397 g/mol. The Kier molecular flexibility index (Phi) is 6.48. The van der Waals surface area contributed by atoms with Crippen LogP contribution in [-0.2, 0) is 20.7 Å². The first-order valence-corrected chi connectivity index (χ1v) is 9.38. The summed E-state index contributed by atoms with van der Waals surface area (Å²) in [5.41, 5.74) is 0.461. The first kappa shape index (κ1) is 22.2. The van der Waals surface area contributed by atoms with Crippen molar-refractivity contribution in [3.05, 3.63) is 41.6 Å². The summed E-state index contributed by atoms with van der Waals surface area (Å²) in [6, 6.07) is 10.0. The van der Waals surface area contributed by atoms with Gasteiger partial charge in [-0.2, -0.15) is 5.26 Å². The van der Waals surface area contributed by atoms with Crippen molar-refractivity contribution in [1.82, 2.24) is 10.3 Å². The minimum atomic E-state index is -0.909. The second kappa shape index (κ2) is 8.48. The Bertz CT molecular complexity index is 949. The average molecular weight is 397 g/mol. The van der Waals surface area contributed by atoms with Crippen molar-refractivity contribution in [1.29, 1.82) is 5.26 Å². The summed E-state index contributed by atoms with van der Waals surface area (Å²) >= 11 is 0. The van der Waals surface area contributed by atoms with Crippen molar-refractivity contribution in [3.63, 3.8) is 0 Å². The Morgan fingerprint density at radius 1 is 1.07 bits per heavy atom. The molecular formula is C22H27N3O4. The Balaban J connectivity index is 2.26. The Morgan fingerprint density at radius 2 is 1.72 bits per heavy atom. The van der Waals surface area contributed by atoms with Gasteiger partial charge in [0.05, 0.1) is 5.52 Å². The quantitative estimate of drug-likeness (QED) is 0.786. The van der Waals surface area contributed by atoms with Crippen molar-refractivity contribution >= 4 is 23.0 Å². The molecule has 0 saturated carbocycles. The molecule has 154 valence electrons. The molecule has 1 N–H and O–H groups in total. The van der Waals surface area contributed by atoms with Crippen LogP contribution in [0.15, 0.2) is 30.3 Å². The smallest absolute Gasteiger partial charge is 0.408 e. The number of nitriles is 1. The Morgan fingerprint density at radius 3 is 2.31 bits per heavy atom. The topological polar surface area (TPSA) is 101 Å². The maximum atomic E-state index is 12.7. The maximum absolute atomic E-state index is 12.7. The molecule has 2 rings (SSSR count). The van der Waals surface area contributed by atoms with E-state index in [2.05, 4.69) is 10.3 Å². The number of pyridine rings is 1. The van der Waals surface area contributed by atoms with Crippen LogP contribution >= 0.6 is 0 Å². The highest BCUT2D eigenvalue weighted by Gasteiger charge is 2.29. The van der Waals surface area contributed by atoms with Gasteiger partial charge in [0.25, 0.3) is 0 Å². The van der Waals surface area contributed by atoms with Gasteiger partial charge in [0, 0.05) is 11.8 Å². The fourth-order valence-electron chi connectivity index (χ4n) is 2.62. The molecule has 0 bridgehead atoms. The second-order valence-electron chi connectivity index (χ2n) is 8.77. The Hall–Kier alpha value is -3.14. The molecule has 1 aromatic carbocycles. The summed E-state index contributed by atoms with van der Waals surface area (Å²) in [6.07, 6.45) is -0.459. The van der Waals surface area contributed by atoms with E-state index >= 15 is 0 Å². The largest absolute Gasteiger partial charge is 0.458 e. The highest BCUT2D eigenvalue weighted by molar-refractivity contribution is 5.83. The van der Waals surface area contributed by atoms with Crippen LogP contribution < -0.4 is 5.32 Å². The van der Waals surface area contributed by atoms with Gasteiger partial charge in [0.1, 0.15) is 29.0 Å². The first-order valence-electron chi connectivity index (χ1n) is 9.38. The first-order chi connectivity index (χ1) is 13.4. The molecule has 0 aliphatic heterocycles. The predicted octanol–water partition coefficient (Wildman–Crippen LogP) is 3.88. The molecule has 0 fully saturated rings. The molecule has 1 aromatic heterocycles. The molecule has 0 spiro atoms. The number of esters is 1. The van der Waals surface area contributed by atoms with Crippen LogP contribution in [0.1, 0.15) is 52.8 Å². The summed E-state index contributed by atoms with van der Waals surface area (Å²) in [7, 11) is 0. The number of benzene rings is 1. The van der Waals surface area contributed by atoms with Crippen molar-refractivity contribution in [3.8, 4) is 6.07 Å². The third-order valence-corrected chi connectivity index (χ3v) is 3.69. The molecule has 1 unspecified atom stereocenters. The van der Waals surface area contributed by atoms with Gasteiger partial charge in [-0.1, -0.05) is 6.07 Å². The maximum Gasteiger partial charge on any atom is 0.408 e. The van der Waals surface area contributed by atoms with E-state index in [-0.39, 0.29) is 6.42 Å². The number of carbonyl (C=O) groups is 2. The molecule has 0 aliphatic carbocycles. The van der Waals surface area contributed by atoms with Gasteiger partial charge in [-0.05, 0) is 71.4 Å². The lowest BCUT2D eigenvalue weighted by Crippen LogP contribution is -2.47. The highest BCUT2D eigenvalue weighted by atomic mass is 16.6. The number of hydrogen-bond acceptors (Lipinski definition) is 6. The number of nitrogens with one attached hydrogen (secondary N) is 1. The SMILES string of the molecule is CC(C)(C)OC(=O)NC(Cc1ccc2nc(C#N)ccc2c1)C(=O)OC(C)(C)C. The minimum Gasteiger partial charge on any atom is -0.458 e. The lowest BCUT2D eigenvalue weighted by atomic mass is 10.0. The van der Waals surface area contributed by atoms with E-state index in [1.54, 1.807) is 59.7 Å². The van der Waals surface area contributed by atoms with E-state index in [0.717, 1.165) is 10.9 Å². The van der Waals surface area contributed by atoms with E-state index < -0.39 is 29.3 Å². The number of fused-ring (bicyclic) bond motifs is 1. The summed E-state index contributed by atoms with van der Waals surface area (Å²) in [4.78, 5) is 29.1. The van der Waals surface area contributed by atoms with Crippen LogP contribution in [0.5, 0.6) is 0 Å². The predicted molar refractivity (Wildman–Crippen MR) is 109 cm³/mol. The summed E-state index contributed by atoms with van der Waals surface area (Å²) in [5.74, 6) is -0.540. The number of nitrogens with zero attached hydrogens (tertiary/aromatic N) is 2. The number of carbonyl (C=O) groups excluding carboxylic acids is 2. The lowest BCUT2D eigenvalue weighted by molar-refractivity contribution is -0.157. The van der Waals surface area contributed by atoms with Crippen LogP contribution in [0, 0.1) is 11.3 Å². The molecule has 7 heteroatoms. The van der Waals surface area contributed by atoms with Crippen LogP contribution in [0.4, 0.5) is 4.79 Å². The second-order valence-corrected chi connectivity index (χ2v) is 8.77. The minimum absolute atomic E-state index is 0.226. The van der Waals surface area contributed by atoms with Crippen LogP contribution in [0.25, 0.3) is 10.9 Å². The standard InChI is InChI=1S/C22H27N3O4/c1-21(2,3)28-19(26)18(25-20(27)29-22(4,5)6)12-14-7-10-17-15(11-14)8-9-16(13-23)24-17/h7-11,18H,12H2,1-6H3,(H,25,27). The van der Waals surface area contributed by atoms with E-state index in [1.807, 2.05) is 18.2 Å². The Labute approximate surface area is 171 Å². The zero-order valence-electron chi connectivity index (χ0n) is 17.7. The van der Waals surface area contributed by atoms with Crippen molar-refractivity contribution in [2.45, 2.75) is 65.2 Å². The number of hydrogen-bond donors (Lipinski definition) is 1. The van der Waals surface area contributed by atoms with Gasteiger partial charge in [-0.15, -0.1) is 0 Å². The fourth-order valence-corrected chi connectivity index (χ4v) is 2.62. The van der Waals surface area contributed by atoms with Gasteiger partial charge in [-0.25, -0.2) is 14.6 Å². The van der Waals surface area contributed by atoms with Crippen LogP contribution in [0.2, 0.25) is 0 Å². The number of aromatic nitrogens is 1. The number of rotatable bonds is 4. The normalized spacial score (nSPS) is 12.7. The van der Waals surface area contributed by atoms with E-state index in [1.165, 1.54) is 0 Å². The molecule has 1 atom stereocenters. The molecular weight excluding hydrogens is 370 g/mol. The van der Waals surface area contributed by atoms with Gasteiger partial charge >= 0.3 is 12.1 Å². The number of amides is 1.